The summed E-state index contributed by atoms with van der Waals surface area (Å²) < 4.78 is 41.1. The van der Waals surface area contributed by atoms with Crippen LogP contribution in [0.5, 0.6) is 0 Å². The molecule has 0 bridgehead atoms. The number of alkyl halides is 3. The first-order valence-corrected chi connectivity index (χ1v) is 6.87. The second-order valence-corrected chi connectivity index (χ2v) is 5.16. The van der Waals surface area contributed by atoms with Crippen molar-refractivity contribution in [2.45, 2.75) is 29.7 Å². The average Bonchev–Trinajstić information content (AvgIpc) is 3.05. The van der Waals surface area contributed by atoms with E-state index >= 15 is 0 Å². The lowest BCUT2D eigenvalue weighted by Gasteiger charge is -2.09. The molecule has 3 aromatic rings. The SMILES string of the molecule is CCc1nnc(Sc2cc(C(F)(F)F)nc3ncnn23)n1N. The topological polar surface area (TPSA) is 99.8 Å². The highest BCUT2D eigenvalue weighted by molar-refractivity contribution is 7.99. The first kappa shape index (κ1) is 14.6. The molecule has 22 heavy (non-hydrogen) atoms. The van der Waals surface area contributed by atoms with Crippen LogP contribution in [-0.4, -0.2) is 34.5 Å². The molecule has 0 spiro atoms. The third-order valence-electron chi connectivity index (χ3n) is 2.76. The van der Waals surface area contributed by atoms with Crippen molar-refractivity contribution >= 4 is 17.5 Å². The van der Waals surface area contributed by atoms with Gasteiger partial charge in [-0.3, -0.25) is 0 Å². The largest absolute Gasteiger partial charge is 0.433 e. The van der Waals surface area contributed by atoms with Gasteiger partial charge in [-0.1, -0.05) is 6.92 Å². The molecular formula is C10H9F3N8S. The summed E-state index contributed by atoms with van der Waals surface area (Å²) in [6.45, 7) is 1.84. The van der Waals surface area contributed by atoms with Crippen LogP contribution in [0.1, 0.15) is 18.4 Å². The highest BCUT2D eigenvalue weighted by atomic mass is 32.2. The third kappa shape index (κ3) is 2.45. The lowest BCUT2D eigenvalue weighted by Crippen LogP contribution is -2.14. The fourth-order valence-electron chi connectivity index (χ4n) is 1.71. The Balaban J connectivity index is 2.09. The molecule has 116 valence electrons. The van der Waals surface area contributed by atoms with Crippen LogP contribution in [0.3, 0.4) is 0 Å². The van der Waals surface area contributed by atoms with Gasteiger partial charge < -0.3 is 5.84 Å². The molecule has 0 atom stereocenters. The summed E-state index contributed by atoms with van der Waals surface area (Å²) >= 11 is 0.900. The Labute approximate surface area is 125 Å². The number of nitrogens with two attached hydrogens (primary N) is 1. The van der Waals surface area contributed by atoms with E-state index in [0.29, 0.717) is 12.2 Å². The first-order chi connectivity index (χ1) is 10.4. The number of rotatable bonds is 3. The van der Waals surface area contributed by atoms with Crippen LogP contribution in [0.15, 0.2) is 22.6 Å². The van der Waals surface area contributed by atoms with E-state index in [0.717, 1.165) is 24.2 Å². The molecule has 0 aromatic carbocycles. The molecule has 0 aliphatic carbocycles. The summed E-state index contributed by atoms with van der Waals surface area (Å²) in [5.41, 5.74) is -1.06. The lowest BCUT2D eigenvalue weighted by molar-refractivity contribution is -0.141. The zero-order valence-corrected chi connectivity index (χ0v) is 11.9. The first-order valence-electron chi connectivity index (χ1n) is 6.05. The van der Waals surface area contributed by atoms with E-state index in [2.05, 4.69) is 25.3 Å². The number of hydrogen-bond acceptors (Lipinski definition) is 7. The van der Waals surface area contributed by atoms with Gasteiger partial charge >= 0.3 is 6.18 Å². The average molecular weight is 330 g/mol. The van der Waals surface area contributed by atoms with Gasteiger partial charge in [0.2, 0.25) is 5.16 Å². The number of aromatic nitrogens is 7. The highest BCUT2D eigenvalue weighted by Gasteiger charge is 2.34. The van der Waals surface area contributed by atoms with Crippen molar-refractivity contribution in [2.24, 2.45) is 0 Å². The molecule has 0 fully saturated rings. The van der Waals surface area contributed by atoms with Crippen molar-refractivity contribution in [2.75, 3.05) is 5.84 Å². The van der Waals surface area contributed by atoms with Crippen LogP contribution in [-0.2, 0) is 12.6 Å². The van der Waals surface area contributed by atoms with Crippen LogP contribution < -0.4 is 5.84 Å². The van der Waals surface area contributed by atoms with Crippen LogP contribution in [0.25, 0.3) is 5.78 Å². The van der Waals surface area contributed by atoms with Gasteiger partial charge in [0.1, 0.15) is 11.4 Å². The molecule has 3 aromatic heterocycles. The molecular weight excluding hydrogens is 321 g/mol. The van der Waals surface area contributed by atoms with Gasteiger partial charge in [0, 0.05) is 12.5 Å². The van der Waals surface area contributed by atoms with E-state index in [1.807, 2.05) is 6.92 Å². The Morgan fingerprint density at radius 1 is 1.32 bits per heavy atom. The fraction of sp³-hybridized carbons (Fsp3) is 0.300. The molecule has 0 saturated carbocycles. The standard InChI is InChI=1S/C10H9F3N8S/c1-2-6-18-19-9(20(6)14)22-7-3-5(10(11,12)13)17-8-15-4-16-21(7)8/h3-4H,2,14H2,1H3. The molecule has 2 N–H and O–H groups in total. The zero-order valence-electron chi connectivity index (χ0n) is 11.1. The minimum atomic E-state index is -4.59. The van der Waals surface area contributed by atoms with Crippen LogP contribution >= 0.6 is 11.8 Å². The van der Waals surface area contributed by atoms with Gasteiger partial charge in [-0.25, -0.2) is 9.66 Å². The second-order valence-electron chi connectivity index (χ2n) is 4.17. The maximum absolute atomic E-state index is 12.9. The van der Waals surface area contributed by atoms with Crippen molar-refractivity contribution in [3.05, 3.63) is 23.9 Å². The van der Waals surface area contributed by atoms with Crippen LogP contribution in [0.2, 0.25) is 0 Å². The Hall–Kier alpha value is -2.37. The van der Waals surface area contributed by atoms with Crippen molar-refractivity contribution in [1.29, 1.82) is 0 Å². The van der Waals surface area contributed by atoms with Gasteiger partial charge in [-0.2, -0.15) is 27.8 Å². The maximum atomic E-state index is 12.9. The highest BCUT2D eigenvalue weighted by Crippen LogP contribution is 2.32. The quantitative estimate of drug-likeness (QED) is 0.568. The summed E-state index contributed by atoms with van der Waals surface area (Å²) in [7, 11) is 0. The van der Waals surface area contributed by atoms with Crippen LogP contribution in [0, 0.1) is 0 Å². The number of halogens is 3. The van der Waals surface area contributed by atoms with Crippen molar-refractivity contribution < 1.29 is 13.2 Å². The monoisotopic (exact) mass is 330 g/mol. The number of fused-ring (bicyclic) bond motifs is 1. The Kier molecular flexibility index (Phi) is 3.39. The molecule has 12 heteroatoms. The maximum Gasteiger partial charge on any atom is 0.433 e. The minimum absolute atomic E-state index is 0.136. The van der Waals surface area contributed by atoms with Crippen molar-refractivity contribution in [3.8, 4) is 0 Å². The molecule has 0 aliphatic rings. The second kappa shape index (κ2) is 5.12. The van der Waals surface area contributed by atoms with E-state index in [9.17, 15) is 13.2 Å². The summed E-state index contributed by atoms with van der Waals surface area (Å²) in [5.74, 6) is 6.15. The minimum Gasteiger partial charge on any atom is -0.336 e. The summed E-state index contributed by atoms with van der Waals surface area (Å²) in [6, 6.07) is 0.868. The van der Waals surface area contributed by atoms with E-state index < -0.39 is 11.9 Å². The van der Waals surface area contributed by atoms with E-state index in [1.165, 1.54) is 9.19 Å². The van der Waals surface area contributed by atoms with E-state index in [4.69, 9.17) is 5.84 Å². The summed E-state index contributed by atoms with van der Waals surface area (Å²) in [4.78, 5) is 7.12. The van der Waals surface area contributed by atoms with Gasteiger partial charge in [0.15, 0.2) is 11.5 Å². The molecule has 3 rings (SSSR count). The number of hydrogen-bond donors (Lipinski definition) is 1. The predicted molar refractivity (Wildman–Crippen MR) is 69.5 cm³/mol. The summed E-state index contributed by atoms with van der Waals surface area (Å²) in [5, 5.41) is 11.9. The predicted octanol–water partition coefficient (Wildman–Crippen LogP) is 1.16. The van der Waals surface area contributed by atoms with Gasteiger partial charge in [-0.05, 0) is 11.8 Å². The van der Waals surface area contributed by atoms with Crippen LogP contribution in [0.4, 0.5) is 13.2 Å². The normalized spacial score (nSPS) is 12.2. The molecule has 0 unspecified atom stereocenters. The Morgan fingerprint density at radius 3 is 2.73 bits per heavy atom. The molecule has 3 heterocycles. The smallest absolute Gasteiger partial charge is 0.336 e. The molecule has 0 saturated heterocycles. The molecule has 0 amide bonds. The van der Waals surface area contributed by atoms with Gasteiger partial charge in [0.25, 0.3) is 5.78 Å². The third-order valence-corrected chi connectivity index (χ3v) is 3.72. The lowest BCUT2D eigenvalue weighted by atomic mass is 10.4. The number of nitrogens with zero attached hydrogens (tertiary/aromatic N) is 7. The van der Waals surface area contributed by atoms with E-state index in [1.54, 1.807) is 0 Å². The molecule has 0 radical (unpaired) electrons. The summed E-state index contributed by atoms with van der Waals surface area (Å²) in [6.07, 6.45) is -2.92. The fourth-order valence-corrected chi connectivity index (χ4v) is 2.57. The number of aryl methyl sites for hydroxylation is 1. The molecule has 0 aliphatic heterocycles. The van der Waals surface area contributed by atoms with Crippen molar-refractivity contribution in [3.63, 3.8) is 0 Å². The Bertz CT molecular complexity index is 823. The Morgan fingerprint density at radius 2 is 2.09 bits per heavy atom. The van der Waals surface area contributed by atoms with Gasteiger partial charge in [0.05, 0.1) is 0 Å². The molecule has 8 nitrogen and oxygen atoms in total. The number of nitrogen functional groups attached to an aromatic ring is 1. The van der Waals surface area contributed by atoms with Gasteiger partial charge in [-0.15, -0.1) is 10.2 Å². The van der Waals surface area contributed by atoms with E-state index in [-0.39, 0.29) is 16.0 Å². The van der Waals surface area contributed by atoms with Crippen molar-refractivity contribution in [1.82, 2.24) is 34.5 Å². The zero-order chi connectivity index (χ0) is 15.9.